The summed E-state index contributed by atoms with van der Waals surface area (Å²) in [5, 5.41) is 17.1. The van der Waals surface area contributed by atoms with E-state index in [2.05, 4.69) is 6.92 Å². The number of unbranched alkanes of at least 4 members (excludes halogenated alkanes) is 5. The van der Waals surface area contributed by atoms with Crippen LogP contribution < -0.4 is 10.0 Å². The van der Waals surface area contributed by atoms with E-state index in [9.17, 15) is 13.5 Å². The van der Waals surface area contributed by atoms with Crippen LogP contribution in [0.3, 0.4) is 0 Å². The molecule has 2 aromatic carbocycles. The van der Waals surface area contributed by atoms with Crippen molar-refractivity contribution in [2.45, 2.75) is 62.5 Å². The molecule has 0 saturated carbocycles. The molecule has 0 bridgehead atoms. The maximum absolute atomic E-state index is 11.6. The van der Waals surface area contributed by atoms with E-state index in [-0.39, 0.29) is 4.90 Å². The topological polar surface area (TPSA) is 96.0 Å². The molecule has 0 aliphatic carbocycles. The Kier molecular flexibility index (Phi) is 7.75. The van der Waals surface area contributed by atoms with Gasteiger partial charge in [0.1, 0.15) is 5.84 Å². The predicted molar refractivity (Wildman–Crippen MR) is 126 cm³/mol. The molecular formula is C23H30ClN3O3S. The maximum atomic E-state index is 11.6. The molecule has 0 radical (unpaired) electrons. The van der Waals surface area contributed by atoms with Crippen molar-refractivity contribution in [1.29, 1.82) is 0 Å². The van der Waals surface area contributed by atoms with Gasteiger partial charge in [0.25, 0.3) is 0 Å². The Morgan fingerprint density at radius 2 is 1.65 bits per heavy atom. The first-order valence-electron chi connectivity index (χ1n) is 10.7. The lowest BCUT2D eigenvalue weighted by molar-refractivity contribution is 0.0551. The first-order chi connectivity index (χ1) is 14.7. The molecule has 8 heteroatoms. The number of benzene rings is 2. The Bertz CT molecular complexity index is 1010. The van der Waals surface area contributed by atoms with Crippen molar-refractivity contribution in [2.24, 2.45) is 10.1 Å². The van der Waals surface area contributed by atoms with Crippen LogP contribution >= 0.6 is 11.6 Å². The molecule has 1 aliphatic rings. The van der Waals surface area contributed by atoms with E-state index < -0.39 is 15.7 Å². The summed E-state index contributed by atoms with van der Waals surface area (Å²) in [6, 6.07) is 13.6. The minimum absolute atomic E-state index is 0.0442. The summed E-state index contributed by atoms with van der Waals surface area (Å²) >= 11 is 6.04. The summed E-state index contributed by atoms with van der Waals surface area (Å²) in [5.74, 6) is 0.633. The second-order valence-corrected chi connectivity index (χ2v) is 10.1. The second kappa shape index (κ2) is 10.1. The highest BCUT2D eigenvalue weighted by Gasteiger charge is 2.38. The molecule has 2 aromatic rings. The zero-order chi connectivity index (χ0) is 22.5. The van der Waals surface area contributed by atoms with Crippen molar-refractivity contribution in [3.8, 4) is 0 Å². The third-order valence-electron chi connectivity index (χ3n) is 5.49. The molecule has 1 atom stereocenters. The number of sulfonamides is 1. The number of hydrogen-bond acceptors (Lipinski definition) is 5. The monoisotopic (exact) mass is 463 g/mol. The van der Waals surface area contributed by atoms with Crippen molar-refractivity contribution in [3.63, 3.8) is 0 Å². The Labute approximate surface area is 189 Å². The number of rotatable bonds is 10. The third-order valence-corrected chi connectivity index (χ3v) is 6.67. The molecule has 3 N–H and O–H groups in total. The SMILES string of the molecule is CCCCCCCCC1(O)CN(c2ccc(S(N)(=O)=O)cc2)C(c2ccc(Cl)cc2)=N1. The van der Waals surface area contributed by atoms with Gasteiger partial charge in [0.05, 0.1) is 11.4 Å². The number of hydrogen-bond donors (Lipinski definition) is 2. The number of aliphatic hydroxyl groups is 1. The Balaban J connectivity index is 1.82. The molecule has 3 rings (SSSR count). The number of β-amino-alcohol motifs (C(OH)–C–C–N with tert-alkyl or cyclic N) is 1. The largest absolute Gasteiger partial charge is 0.368 e. The van der Waals surface area contributed by atoms with Gasteiger partial charge in [-0.05, 0) is 61.4 Å². The fourth-order valence-corrected chi connectivity index (χ4v) is 4.43. The van der Waals surface area contributed by atoms with E-state index in [1.807, 2.05) is 17.0 Å². The summed E-state index contributed by atoms with van der Waals surface area (Å²) in [4.78, 5) is 6.65. The van der Waals surface area contributed by atoms with Gasteiger partial charge in [0.2, 0.25) is 10.0 Å². The lowest BCUT2D eigenvalue weighted by Gasteiger charge is -2.24. The average molecular weight is 464 g/mol. The molecule has 6 nitrogen and oxygen atoms in total. The Hall–Kier alpha value is -1.93. The first kappa shape index (κ1) is 23.7. The van der Waals surface area contributed by atoms with Gasteiger partial charge in [0.15, 0.2) is 5.72 Å². The van der Waals surface area contributed by atoms with Crippen LogP contribution in [0.5, 0.6) is 0 Å². The van der Waals surface area contributed by atoms with E-state index in [4.69, 9.17) is 21.7 Å². The third kappa shape index (κ3) is 6.29. The van der Waals surface area contributed by atoms with Gasteiger partial charge >= 0.3 is 0 Å². The van der Waals surface area contributed by atoms with E-state index in [1.54, 1.807) is 24.3 Å². The standard InChI is InChI=1S/C23H30ClN3O3S/c1-2-3-4-5-6-7-16-23(28)17-27(20-12-14-21(15-13-20)31(25,29)30)22(26-23)18-8-10-19(24)11-9-18/h8-15,28H,2-7,16-17H2,1H3,(H2,25,29,30). The highest BCUT2D eigenvalue weighted by Crippen LogP contribution is 2.32. The number of primary sulfonamides is 1. The van der Waals surface area contributed by atoms with Crippen LogP contribution in [0.25, 0.3) is 0 Å². The summed E-state index contributed by atoms with van der Waals surface area (Å²) in [6.07, 6.45) is 7.37. The molecule has 0 amide bonds. The van der Waals surface area contributed by atoms with Crippen LogP contribution in [0.4, 0.5) is 5.69 Å². The number of nitrogens with two attached hydrogens (primary N) is 1. The summed E-state index contributed by atoms with van der Waals surface area (Å²) in [6.45, 7) is 2.49. The number of halogens is 1. The van der Waals surface area contributed by atoms with Crippen LogP contribution in [0.2, 0.25) is 5.02 Å². The van der Waals surface area contributed by atoms with E-state index in [0.717, 1.165) is 30.5 Å². The van der Waals surface area contributed by atoms with Crippen molar-refractivity contribution >= 4 is 33.1 Å². The number of aliphatic imine (C=N–C) groups is 1. The lowest BCUT2D eigenvalue weighted by Crippen LogP contribution is -2.36. The molecule has 1 aliphatic heterocycles. The van der Waals surface area contributed by atoms with Gasteiger partial charge in [-0.15, -0.1) is 0 Å². The molecule has 0 spiro atoms. The highest BCUT2D eigenvalue weighted by atomic mass is 35.5. The van der Waals surface area contributed by atoms with E-state index >= 15 is 0 Å². The Morgan fingerprint density at radius 1 is 1.03 bits per heavy atom. The molecule has 0 aromatic heterocycles. The normalized spacial score (nSPS) is 19.0. The van der Waals surface area contributed by atoms with E-state index in [1.165, 1.54) is 31.4 Å². The molecule has 168 valence electrons. The van der Waals surface area contributed by atoms with Crippen molar-refractivity contribution < 1.29 is 13.5 Å². The molecule has 31 heavy (non-hydrogen) atoms. The Morgan fingerprint density at radius 3 is 2.26 bits per heavy atom. The molecule has 1 unspecified atom stereocenters. The van der Waals surface area contributed by atoms with Crippen molar-refractivity contribution in [1.82, 2.24) is 0 Å². The van der Waals surface area contributed by atoms with Crippen LogP contribution in [0, 0.1) is 0 Å². The molecule has 0 fully saturated rings. The first-order valence-corrected chi connectivity index (χ1v) is 12.6. The van der Waals surface area contributed by atoms with Gasteiger partial charge in [-0.3, -0.25) is 0 Å². The summed E-state index contributed by atoms with van der Waals surface area (Å²) in [7, 11) is -3.77. The molecule has 1 heterocycles. The number of nitrogens with zero attached hydrogens (tertiary/aromatic N) is 2. The van der Waals surface area contributed by atoms with Crippen molar-refractivity contribution in [3.05, 3.63) is 59.1 Å². The van der Waals surface area contributed by atoms with Gasteiger partial charge in [-0.1, -0.05) is 50.6 Å². The van der Waals surface area contributed by atoms with Gasteiger partial charge in [-0.25, -0.2) is 18.5 Å². The number of anilines is 1. The number of amidine groups is 1. The zero-order valence-corrected chi connectivity index (χ0v) is 19.4. The highest BCUT2D eigenvalue weighted by molar-refractivity contribution is 7.89. The van der Waals surface area contributed by atoms with Crippen LogP contribution in [-0.2, 0) is 10.0 Å². The minimum atomic E-state index is -3.77. The fourth-order valence-electron chi connectivity index (χ4n) is 3.79. The van der Waals surface area contributed by atoms with Crippen molar-refractivity contribution in [2.75, 3.05) is 11.4 Å². The second-order valence-electron chi connectivity index (χ2n) is 8.07. The quantitative estimate of drug-likeness (QED) is 0.499. The summed E-state index contributed by atoms with van der Waals surface area (Å²) in [5.41, 5.74) is 0.372. The van der Waals surface area contributed by atoms with Gasteiger partial charge in [-0.2, -0.15) is 0 Å². The predicted octanol–water partition coefficient (Wildman–Crippen LogP) is 4.69. The maximum Gasteiger partial charge on any atom is 0.238 e. The smallest absolute Gasteiger partial charge is 0.238 e. The molecule has 0 saturated heterocycles. The van der Waals surface area contributed by atoms with Crippen LogP contribution in [0.15, 0.2) is 58.4 Å². The fraction of sp³-hybridized carbons (Fsp3) is 0.435. The average Bonchev–Trinajstić information content (AvgIpc) is 3.08. The van der Waals surface area contributed by atoms with Gasteiger partial charge < -0.3 is 10.0 Å². The summed E-state index contributed by atoms with van der Waals surface area (Å²) < 4.78 is 23.2. The van der Waals surface area contributed by atoms with Gasteiger partial charge in [0, 0.05) is 16.3 Å². The van der Waals surface area contributed by atoms with Crippen LogP contribution in [-0.4, -0.2) is 31.6 Å². The zero-order valence-electron chi connectivity index (χ0n) is 17.8. The lowest BCUT2D eigenvalue weighted by atomic mass is 10.0. The van der Waals surface area contributed by atoms with E-state index in [0.29, 0.717) is 23.8 Å². The molecular weight excluding hydrogens is 434 g/mol. The van der Waals surface area contributed by atoms with Crippen LogP contribution in [0.1, 0.15) is 57.4 Å². The minimum Gasteiger partial charge on any atom is -0.368 e.